The van der Waals surface area contributed by atoms with Crippen LogP contribution in [0.1, 0.15) is 26.3 Å². The van der Waals surface area contributed by atoms with Crippen LogP contribution >= 0.6 is 23.2 Å². The lowest BCUT2D eigenvalue weighted by Crippen LogP contribution is -1.84. The van der Waals surface area contributed by atoms with Gasteiger partial charge in [0, 0.05) is 12.4 Å². The minimum atomic E-state index is 0.529. The summed E-state index contributed by atoms with van der Waals surface area (Å²) in [4.78, 5) is 3.90. The van der Waals surface area contributed by atoms with Crippen molar-refractivity contribution in [1.82, 2.24) is 4.98 Å². The molecule has 0 saturated carbocycles. The molecule has 1 aromatic rings. The van der Waals surface area contributed by atoms with Gasteiger partial charge in [0.15, 0.2) is 0 Å². The van der Waals surface area contributed by atoms with Crippen molar-refractivity contribution < 1.29 is 0 Å². The van der Waals surface area contributed by atoms with Crippen LogP contribution in [0.3, 0.4) is 0 Å². The van der Waals surface area contributed by atoms with E-state index in [1.54, 1.807) is 12.4 Å². The van der Waals surface area contributed by atoms with E-state index < -0.39 is 0 Å². The summed E-state index contributed by atoms with van der Waals surface area (Å²) in [5.41, 5.74) is 0.995. The molecule has 3 heteroatoms. The Bertz CT molecular complexity index is 236. The number of pyridine rings is 1. The number of hydrogen-bond donors (Lipinski definition) is 0. The number of aryl methyl sites for hydroxylation is 1. The maximum absolute atomic E-state index is 5.82. The van der Waals surface area contributed by atoms with Crippen LogP contribution in [-0.2, 0) is 6.42 Å². The van der Waals surface area contributed by atoms with Crippen LogP contribution in [0, 0.1) is 0 Å². The second-order valence-corrected chi connectivity index (χ2v) is 2.73. The number of halogens is 2. The monoisotopic (exact) mass is 205 g/mol. The summed E-state index contributed by atoms with van der Waals surface area (Å²) in [5.74, 6) is 0. The highest BCUT2D eigenvalue weighted by Crippen LogP contribution is 2.24. The maximum Gasteiger partial charge on any atom is 0.0778 e. The number of nitrogens with zero attached hydrogens (tertiary/aromatic N) is 1. The van der Waals surface area contributed by atoms with Gasteiger partial charge in [-0.15, -0.1) is 0 Å². The fraction of sp³-hybridized carbons (Fsp3) is 0.444. The van der Waals surface area contributed by atoms with Crippen molar-refractivity contribution in [3.8, 4) is 0 Å². The highest BCUT2D eigenvalue weighted by atomic mass is 35.5. The summed E-state index contributed by atoms with van der Waals surface area (Å²) in [5, 5.41) is 1.15. The molecule has 1 nitrogen and oxygen atoms in total. The van der Waals surface area contributed by atoms with E-state index in [9.17, 15) is 0 Å². The highest BCUT2D eigenvalue weighted by molar-refractivity contribution is 6.42. The van der Waals surface area contributed by atoms with Crippen LogP contribution in [0.15, 0.2) is 12.4 Å². The zero-order valence-corrected chi connectivity index (χ0v) is 9.08. The molecule has 0 saturated heterocycles. The quantitative estimate of drug-likeness (QED) is 0.677. The molecular weight excluding hydrogens is 193 g/mol. The van der Waals surface area contributed by atoms with Crippen LogP contribution in [0.2, 0.25) is 10.0 Å². The molecule has 0 spiro atoms. The number of hydrogen-bond acceptors (Lipinski definition) is 1. The van der Waals surface area contributed by atoms with Gasteiger partial charge in [0.1, 0.15) is 0 Å². The van der Waals surface area contributed by atoms with Crippen molar-refractivity contribution >= 4 is 23.2 Å². The third kappa shape index (κ3) is 3.00. The van der Waals surface area contributed by atoms with E-state index in [-0.39, 0.29) is 0 Å². The Morgan fingerprint density at radius 1 is 1.25 bits per heavy atom. The van der Waals surface area contributed by atoms with Crippen LogP contribution in [0.5, 0.6) is 0 Å². The average Bonchev–Trinajstić information content (AvgIpc) is 2.13. The van der Waals surface area contributed by atoms with E-state index in [1.165, 1.54) is 0 Å². The van der Waals surface area contributed by atoms with Crippen LogP contribution < -0.4 is 0 Å². The van der Waals surface area contributed by atoms with Gasteiger partial charge in [-0.25, -0.2) is 0 Å². The lowest BCUT2D eigenvalue weighted by Gasteiger charge is -1.99. The normalized spacial score (nSPS) is 8.75. The van der Waals surface area contributed by atoms with E-state index in [4.69, 9.17) is 23.2 Å². The Morgan fingerprint density at radius 3 is 2.25 bits per heavy atom. The molecule has 0 atom stereocenters. The molecule has 0 aliphatic carbocycles. The molecule has 0 radical (unpaired) electrons. The third-order valence-electron chi connectivity index (χ3n) is 1.29. The Morgan fingerprint density at radius 2 is 1.83 bits per heavy atom. The van der Waals surface area contributed by atoms with Gasteiger partial charge in [-0.3, -0.25) is 4.98 Å². The Labute approximate surface area is 83.7 Å². The third-order valence-corrected chi connectivity index (χ3v) is 2.12. The fourth-order valence-electron chi connectivity index (χ4n) is 0.706. The first-order valence-electron chi connectivity index (χ1n) is 4.03. The second-order valence-electron chi connectivity index (χ2n) is 1.95. The van der Waals surface area contributed by atoms with Gasteiger partial charge in [-0.2, -0.15) is 0 Å². The summed E-state index contributed by atoms with van der Waals surface area (Å²) >= 11 is 11.5. The Kier molecular flexibility index (Phi) is 6.13. The summed E-state index contributed by atoms with van der Waals surface area (Å²) in [6.07, 6.45) is 4.14. The first-order valence-corrected chi connectivity index (χ1v) is 4.79. The van der Waals surface area contributed by atoms with E-state index in [2.05, 4.69) is 4.98 Å². The first kappa shape index (κ1) is 11.7. The van der Waals surface area contributed by atoms with Crippen molar-refractivity contribution in [3.05, 3.63) is 28.0 Å². The highest BCUT2D eigenvalue weighted by Gasteiger charge is 2.01. The molecule has 0 aliphatic heterocycles. The standard InChI is InChI=1S/C7H7Cl2N.C2H6/c1-2-5-3-10-4-6(8)7(5)9;1-2/h3-4H,2H2,1H3;1-2H3. The van der Waals surface area contributed by atoms with E-state index in [0.29, 0.717) is 10.0 Å². The molecule has 0 aliphatic rings. The number of rotatable bonds is 1. The van der Waals surface area contributed by atoms with Crippen molar-refractivity contribution in [2.75, 3.05) is 0 Å². The summed E-state index contributed by atoms with van der Waals surface area (Å²) in [6.45, 7) is 6.01. The van der Waals surface area contributed by atoms with Gasteiger partial charge in [-0.05, 0) is 12.0 Å². The Hall–Kier alpha value is -0.270. The van der Waals surface area contributed by atoms with Crippen molar-refractivity contribution in [3.63, 3.8) is 0 Å². The molecule has 1 aromatic heterocycles. The predicted octanol–water partition coefficient (Wildman–Crippen LogP) is 3.98. The molecule has 68 valence electrons. The van der Waals surface area contributed by atoms with Crippen molar-refractivity contribution in [2.24, 2.45) is 0 Å². The lowest BCUT2D eigenvalue weighted by atomic mass is 10.2. The van der Waals surface area contributed by atoms with E-state index in [1.807, 2.05) is 20.8 Å². The first-order chi connectivity index (χ1) is 5.75. The predicted molar refractivity (Wildman–Crippen MR) is 55.0 cm³/mol. The fourth-order valence-corrected chi connectivity index (χ4v) is 1.11. The van der Waals surface area contributed by atoms with E-state index in [0.717, 1.165) is 12.0 Å². The van der Waals surface area contributed by atoms with Crippen molar-refractivity contribution in [1.29, 1.82) is 0 Å². The summed E-state index contributed by atoms with van der Waals surface area (Å²) < 4.78 is 0. The molecule has 0 bridgehead atoms. The summed E-state index contributed by atoms with van der Waals surface area (Å²) in [7, 11) is 0. The van der Waals surface area contributed by atoms with Gasteiger partial charge < -0.3 is 0 Å². The largest absolute Gasteiger partial charge is 0.263 e. The van der Waals surface area contributed by atoms with Gasteiger partial charge in [0.25, 0.3) is 0 Å². The lowest BCUT2D eigenvalue weighted by molar-refractivity contribution is 1.10. The van der Waals surface area contributed by atoms with Gasteiger partial charge >= 0.3 is 0 Å². The second kappa shape index (κ2) is 6.27. The molecule has 1 heterocycles. The molecule has 0 amide bonds. The maximum atomic E-state index is 5.82. The molecule has 0 aromatic carbocycles. The zero-order valence-electron chi connectivity index (χ0n) is 7.56. The zero-order chi connectivity index (χ0) is 9.56. The molecule has 12 heavy (non-hydrogen) atoms. The Balaban J connectivity index is 0.000000561. The van der Waals surface area contributed by atoms with Crippen LogP contribution in [0.4, 0.5) is 0 Å². The molecule has 0 fully saturated rings. The van der Waals surface area contributed by atoms with E-state index >= 15 is 0 Å². The summed E-state index contributed by atoms with van der Waals surface area (Å²) in [6, 6.07) is 0. The van der Waals surface area contributed by atoms with Gasteiger partial charge in [0.2, 0.25) is 0 Å². The smallest absolute Gasteiger partial charge is 0.0778 e. The SMILES string of the molecule is CC.CCc1cncc(Cl)c1Cl. The minimum Gasteiger partial charge on any atom is -0.263 e. The minimum absolute atomic E-state index is 0.529. The van der Waals surface area contributed by atoms with Gasteiger partial charge in [0.05, 0.1) is 10.0 Å². The topological polar surface area (TPSA) is 12.9 Å². The molecule has 0 unspecified atom stereocenters. The van der Waals surface area contributed by atoms with Gasteiger partial charge in [-0.1, -0.05) is 44.0 Å². The molecular formula is C9H13Cl2N. The van der Waals surface area contributed by atoms with Crippen molar-refractivity contribution in [2.45, 2.75) is 27.2 Å². The van der Waals surface area contributed by atoms with Crippen LogP contribution in [0.25, 0.3) is 0 Å². The molecule has 0 N–H and O–H groups in total. The average molecular weight is 206 g/mol. The molecule has 1 rings (SSSR count). The van der Waals surface area contributed by atoms with Crippen LogP contribution in [-0.4, -0.2) is 4.98 Å². The number of aromatic nitrogens is 1.